The number of hydrogen-bond donors (Lipinski definition) is 1. The van der Waals surface area contributed by atoms with Crippen molar-refractivity contribution in [3.8, 4) is 0 Å². The van der Waals surface area contributed by atoms with Crippen LogP contribution >= 0.6 is 0 Å². The van der Waals surface area contributed by atoms with Crippen molar-refractivity contribution in [2.45, 2.75) is 6.04 Å². The second kappa shape index (κ2) is 2.86. The van der Waals surface area contributed by atoms with Gasteiger partial charge in [0.2, 0.25) is 0 Å². The van der Waals surface area contributed by atoms with Gasteiger partial charge in [0.1, 0.15) is 0 Å². The third-order valence-electron chi connectivity index (χ3n) is 1.34. The van der Waals surface area contributed by atoms with Crippen molar-refractivity contribution >= 4 is 9.84 Å². The molecule has 60 valence electrons. The van der Waals surface area contributed by atoms with Crippen molar-refractivity contribution < 1.29 is 13.2 Å². The van der Waals surface area contributed by atoms with Gasteiger partial charge in [-0.25, -0.2) is 8.42 Å². The summed E-state index contributed by atoms with van der Waals surface area (Å²) < 4.78 is 26.8. The Morgan fingerprint density at radius 1 is 1.50 bits per heavy atom. The molecule has 0 amide bonds. The van der Waals surface area contributed by atoms with Gasteiger partial charge in [-0.1, -0.05) is 0 Å². The molecule has 5 heteroatoms. The van der Waals surface area contributed by atoms with Crippen LogP contribution in [-0.4, -0.2) is 39.2 Å². The summed E-state index contributed by atoms with van der Waals surface area (Å²) in [5.41, 5.74) is 5.41. The first-order chi connectivity index (χ1) is 4.60. The molecule has 1 atom stereocenters. The maximum Gasteiger partial charge on any atom is 0.154 e. The second-order valence-corrected chi connectivity index (χ2v) is 4.68. The quantitative estimate of drug-likeness (QED) is 0.487. The number of rotatable bonds is 0. The molecular formula is C5H11NO3S. The third kappa shape index (κ3) is 2.24. The van der Waals surface area contributed by atoms with E-state index >= 15 is 0 Å². The van der Waals surface area contributed by atoms with Gasteiger partial charge in [-0.15, -0.1) is 0 Å². The lowest BCUT2D eigenvalue weighted by atomic mass is 10.4. The number of sulfone groups is 1. The third-order valence-corrected chi connectivity index (χ3v) is 3.06. The maximum atomic E-state index is 10.9. The van der Waals surface area contributed by atoms with Gasteiger partial charge in [-0.05, 0) is 0 Å². The molecule has 0 aromatic rings. The Kier molecular flexibility index (Phi) is 2.28. The molecule has 1 fully saturated rings. The highest BCUT2D eigenvalue weighted by Crippen LogP contribution is 1.99. The van der Waals surface area contributed by atoms with Crippen LogP contribution in [0.4, 0.5) is 0 Å². The average molecular weight is 165 g/mol. The Labute approximate surface area is 60.3 Å². The Morgan fingerprint density at radius 2 is 2.20 bits per heavy atom. The molecule has 0 saturated carbocycles. The van der Waals surface area contributed by atoms with Gasteiger partial charge in [0.25, 0.3) is 0 Å². The molecule has 1 aliphatic rings. The number of hydrogen-bond acceptors (Lipinski definition) is 4. The summed E-state index contributed by atoms with van der Waals surface area (Å²) in [6, 6.07) is -0.340. The normalized spacial score (nSPS) is 33.1. The SMILES string of the molecule is NC1COCCS(=O)(=O)C1. The Hall–Kier alpha value is -0.130. The molecule has 1 aliphatic heterocycles. The summed E-state index contributed by atoms with van der Waals surface area (Å²) in [5.74, 6) is 0.174. The van der Waals surface area contributed by atoms with Gasteiger partial charge in [0.05, 0.1) is 24.7 Å². The van der Waals surface area contributed by atoms with Crippen LogP contribution < -0.4 is 5.73 Å². The second-order valence-electron chi connectivity index (χ2n) is 2.45. The fraction of sp³-hybridized carbons (Fsp3) is 1.00. The van der Waals surface area contributed by atoms with E-state index in [9.17, 15) is 8.42 Å². The highest BCUT2D eigenvalue weighted by atomic mass is 32.2. The first-order valence-electron chi connectivity index (χ1n) is 3.14. The van der Waals surface area contributed by atoms with Gasteiger partial charge in [-0.3, -0.25) is 0 Å². The van der Waals surface area contributed by atoms with Crippen LogP contribution in [-0.2, 0) is 14.6 Å². The zero-order chi connectivity index (χ0) is 7.61. The van der Waals surface area contributed by atoms with E-state index in [2.05, 4.69) is 0 Å². The predicted molar refractivity (Wildman–Crippen MR) is 37.4 cm³/mol. The topological polar surface area (TPSA) is 69.4 Å². The van der Waals surface area contributed by atoms with Crippen molar-refractivity contribution in [1.29, 1.82) is 0 Å². The lowest BCUT2D eigenvalue weighted by molar-refractivity contribution is 0.144. The van der Waals surface area contributed by atoms with Crippen molar-refractivity contribution in [2.75, 3.05) is 24.7 Å². The van der Waals surface area contributed by atoms with Crippen LogP contribution in [0.2, 0.25) is 0 Å². The van der Waals surface area contributed by atoms with Gasteiger partial charge in [-0.2, -0.15) is 0 Å². The summed E-state index contributed by atoms with van der Waals surface area (Å²) in [5, 5.41) is 0. The lowest BCUT2D eigenvalue weighted by Crippen LogP contribution is -2.31. The molecule has 0 aliphatic carbocycles. The van der Waals surface area contributed by atoms with E-state index in [-0.39, 0.29) is 24.2 Å². The van der Waals surface area contributed by atoms with E-state index in [0.717, 1.165) is 0 Å². The minimum Gasteiger partial charge on any atom is -0.379 e. The van der Waals surface area contributed by atoms with E-state index < -0.39 is 9.84 Å². The highest BCUT2D eigenvalue weighted by molar-refractivity contribution is 7.91. The first-order valence-corrected chi connectivity index (χ1v) is 4.96. The van der Waals surface area contributed by atoms with E-state index in [1.807, 2.05) is 0 Å². The lowest BCUT2D eigenvalue weighted by Gasteiger charge is -2.03. The molecule has 0 radical (unpaired) electrons. The van der Waals surface area contributed by atoms with Crippen LogP contribution in [0.25, 0.3) is 0 Å². The van der Waals surface area contributed by atoms with Crippen molar-refractivity contribution in [3.63, 3.8) is 0 Å². The molecule has 0 spiro atoms. The highest BCUT2D eigenvalue weighted by Gasteiger charge is 2.19. The monoisotopic (exact) mass is 165 g/mol. The minimum atomic E-state index is -2.92. The van der Waals surface area contributed by atoms with Crippen LogP contribution in [0.1, 0.15) is 0 Å². The fourth-order valence-corrected chi connectivity index (χ4v) is 2.17. The molecule has 0 bridgehead atoms. The molecule has 0 aromatic heterocycles. The Morgan fingerprint density at radius 3 is 2.90 bits per heavy atom. The summed E-state index contributed by atoms with van der Waals surface area (Å²) >= 11 is 0. The van der Waals surface area contributed by atoms with Crippen molar-refractivity contribution in [1.82, 2.24) is 0 Å². The van der Waals surface area contributed by atoms with E-state index in [0.29, 0.717) is 6.61 Å². The molecule has 4 nitrogen and oxygen atoms in total. The van der Waals surface area contributed by atoms with Crippen molar-refractivity contribution in [2.24, 2.45) is 5.73 Å². The number of nitrogens with two attached hydrogens (primary N) is 1. The molecule has 1 heterocycles. The Balaban J connectivity index is 2.64. The maximum absolute atomic E-state index is 10.9. The summed E-state index contributed by atoms with van der Waals surface area (Å²) in [6.45, 7) is 0.648. The smallest absolute Gasteiger partial charge is 0.154 e. The van der Waals surface area contributed by atoms with Crippen LogP contribution in [0.3, 0.4) is 0 Å². The summed E-state index contributed by atoms with van der Waals surface area (Å²) in [7, 11) is -2.92. The largest absolute Gasteiger partial charge is 0.379 e. The van der Waals surface area contributed by atoms with E-state index in [1.165, 1.54) is 0 Å². The predicted octanol–water partition coefficient (Wildman–Crippen LogP) is -1.24. The summed E-state index contributed by atoms with van der Waals surface area (Å²) in [6.07, 6.45) is 0. The standard InChI is InChI=1S/C5H11NO3S/c6-5-3-9-1-2-10(7,8)4-5/h5H,1-4,6H2. The molecule has 2 N–H and O–H groups in total. The van der Waals surface area contributed by atoms with E-state index in [1.54, 1.807) is 0 Å². The zero-order valence-corrected chi connectivity index (χ0v) is 6.43. The van der Waals surface area contributed by atoms with Crippen LogP contribution in [0.5, 0.6) is 0 Å². The van der Waals surface area contributed by atoms with Gasteiger partial charge in [0.15, 0.2) is 9.84 Å². The fourth-order valence-electron chi connectivity index (χ4n) is 0.878. The van der Waals surface area contributed by atoms with Crippen LogP contribution in [0, 0.1) is 0 Å². The minimum absolute atomic E-state index is 0.0625. The Bertz CT molecular complexity index is 199. The van der Waals surface area contributed by atoms with Gasteiger partial charge < -0.3 is 10.5 Å². The zero-order valence-electron chi connectivity index (χ0n) is 5.62. The molecule has 1 unspecified atom stereocenters. The summed E-state index contributed by atoms with van der Waals surface area (Å²) in [4.78, 5) is 0. The average Bonchev–Trinajstić information content (AvgIpc) is 1.90. The van der Waals surface area contributed by atoms with Crippen molar-refractivity contribution in [3.05, 3.63) is 0 Å². The molecule has 1 saturated heterocycles. The van der Waals surface area contributed by atoms with E-state index in [4.69, 9.17) is 10.5 Å². The molecule has 10 heavy (non-hydrogen) atoms. The molecule has 0 aromatic carbocycles. The van der Waals surface area contributed by atoms with Crippen LogP contribution in [0.15, 0.2) is 0 Å². The van der Waals surface area contributed by atoms with Gasteiger partial charge >= 0.3 is 0 Å². The molecular weight excluding hydrogens is 154 g/mol. The first kappa shape index (κ1) is 7.97. The molecule has 1 rings (SSSR count). The number of ether oxygens (including phenoxy) is 1. The van der Waals surface area contributed by atoms with Gasteiger partial charge in [0, 0.05) is 6.04 Å².